The second-order valence-electron chi connectivity index (χ2n) is 18.7. The van der Waals surface area contributed by atoms with Crippen LogP contribution >= 0.6 is 31.9 Å². The number of carbonyl (C=O) groups excluding carboxylic acids is 3. The molecule has 0 saturated carbocycles. The van der Waals surface area contributed by atoms with E-state index in [4.69, 9.17) is 40.6 Å². The Kier molecular flexibility index (Phi) is 30.0. The largest absolute Gasteiger partial charge is 0.494 e. The second-order valence-corrected chi connectivity index (χ2v) is 20.6. The van der Waals surface area contributed by atoms with Gasteiger partial charge >= 0.3 is 18.2 Å². The van der Waals surface area contributed by atoms with Gasteiger partial charge in [-0.15, -0.1) is 12.3 Å². The number of carboxylic acid groups (broad SMARTS) is 1. The monoisotopic (exact) mass is 1250 g/mol. The van der Waals surface area contributed by atoms with Crippen LogP contribution in [0.3, 0.4) is 0 Å². The second kappa shape index (κ2) is 38.5. The summed E-state index contributed by atoms with van der Waals surface area (Å²) >= 11 is 6.77. The molecule has 0 aliphatic heterocycles. The number of terminal acetylenes is 1. The number of carboxylic acids is 1. The maximum Gasteiger partial charge on any atom is 0.407 e. The average molecular weight is 1250 g/mol. The first-order valence-corrected chi connectivity index (χ1v) is 29.2. The number of nitrogens with one attached hydrogen (secondary N) is 3. The third kappa shape index (κ3) is 23.7. The predicted molar refractivity (Wildman–Crippen MR) is 328 cm³/mol. The molecule has 8 rings (SSSR count). The van der Waals surface area contributed by atoms with E-state index in [1.54, 1.807) is 6.92 Å². The van der Waals surface area contributed by atoms with Crippen molar-refractivity contribution in [2.24, 2.45) is 5.73 Å². The fourth-order valence-electron chi connectivity index (χ4n) is 8.85. The van der Waals surface area contributed by atoms with Gasteiger partial charge in [-0.2, -0.15) is 0 Å². The van der Waals surface area contributed by atoms with Gasteiger partial charge in [0, 0.05) is 66.5 Å². The number of fused-ring (bicyclic) bond motifs is 6. The van der Waals surface area contributed by atoms with E-state index in [-0.39, 0.29) is 37.4 Å². The zero-order valence-electron chi connectivity index (χ0n) is 47.5. The summed E-state index contributed by atoms with van der Waals surface area (Å²) in [5.74, 6) is 3.36. The lowest BCUT2D eigenvalue weighted by atomic mass is 9.98. The van der Waals surface area contributed by atoms with E-state index in [2.05, 4.69) is 102 Å². The summed E-state index contributed by atoms with van der Waals surface area (Å²) in [6, 6.07) is 48.4. The Morgan fingerprint density at radius 2 is 0.915 bits per heavy atom. The number of hydrogen-bond acceptors (Lipinski definition) is 11. The minimum atomic E-state index is -0.838. The van der Waals surface area contributed by atoms with E-state index in [1.807, 2.05) is 103 Å². The zero-order chi connectivity index (χ0) is 59.3. The summed E-state index contributed by atoms with van der Waals surface area (Å²) in [7, 11) is 0. The van der Waals surface area contributed by atoms with Crippen LogP contribution in [0.1, 0.15) is 93.8 Å². The number of carbonyl (C=O) groups is 4. The number of aliphatic carboxylic acids is 1. The van der Waals surface area contributed by atoms with E-state index < -0.39 is 18.2 Å². The van der Waals surface area contributed by atoms with Crippen LogP contribution in [-0.2, 0) is 28.5 Å². The maximum atomic E-state index is 12.2. The Bertz CT molecular complexity index is 2860. The van der Waals surface area contributed by atoms with Crippen molar-refractivity contribution >= 4 is 55.9 Å². The fraction of sp³-hybridized carbons (Fsp3) is 0.354. The van der Waals surface area contributed by atoms with E-state index >= 15 is 0 Å². The molecule has 0 heterocycles. The summed E-state index contributed by atoms with van der Waals surface area (Å²) in [5, 5.41) is 16.8. The number of unbranched alkanes of at least 4 members (excludes halogenated alkanes) is 2. The molecule has 0 fully saturated rings. The normalized spacial score (nSPS) is 11.5. The van der Waals surface area contributed by atoms with Crippen LogP contribution in [0.25, 0.3) is 22.3 Å². The predicted octanol–water partition coefficient (Wildman–Crippen LogP) is 12.7. The molecule has 0 spiro atoms. The Labute approximate surface area is 501 Å². The number of amides is 3. The summed E-state index contributed by atoms with van der Waals surface area (Å²) in [6.45, 7) is 7.12. The van der Waals surface area contributed by atoms with Crippen molar-refractivity contribution < 1.29 is 54.1 Å². The highest BCUT2D eigenvalue weighted by molar-refractivity contribution is 9.10. The standard InChI is InChI=1S/C31H35BrN2O5.C21H23NO5.C10H14BrNO.C3H4/c32-23-13-15-24(16-14-23)38-20-6-5-17-33-30(35)12-7-19-37-21-18-34-31(36)39-22-29-27-10-3-1-8-25(27)26-9-2-4-11-28(26)29;23-20(24)10-5-12-26-13-11-22-21(25)27-14-19-17-8-3-1-6-15(17)16-7-2-4-9-18(16)19;11-9-3-5-10(6-4-9)13-8-2-1-7-12;1-3-2/h1-4,8-11,13-16,29H,5-7,12,17-22H2,(H,33,35)(H,34,36);1-4,6-9,19H,5,10-14H2,(H,22,25)(H,23,24);3-6H,1-2,7-8,12H2;1H,2H3/i;;;1D. The smallest absolute Gasteiger partial charge is 0.407 e. The lowest BCUT2D eigenvalue weighted by Crippen LogP contribution is -2.29. The number of ether oxygens (including phenoxy) is 6. The molecule has 6 N–H and O–H groups in total. The summed E-state index contributed by atoms with van der Waals surface area (Å²) < 4.78 is 41.1. The Hall–Kier alpha value is -7.20. The van der Waals surface area contributed by atoms with Gasteiger partial charge in [-0.05, 0) is 145 Å². The fourth-order valence-corrected chi connectivity index (χ4v) is 9.37. The van der Waals surface area contributed by atoms with Crippen molar-refractivity contribution in [2.75, 3.05) is 79.0 Å². The van der Waals surface area contributed by atoms with Gasteiger partial charge in [0.05, 0.1) is 26.4 Å². The molecule has 15 nitrogen and oxygen atoms in total. The molecule has 3 amide bonds. The van der Waals surface area contributed by atoms with Crippen molar-refractivity contribution in [3.05, 3.63) is 177 Å². The summed E-state index contributed by atoms with van der Waals surface area (Å²) in [5.41, 5.74) is 14.9. The van der Waals surface area contributed by atoms with E-state index in [0.717, 1.165) is 59.3 Å². The van der Waals surface area contributed by atoms with Crippen molar-refractivity contribution in [1.82, 2.24) is 16.0 Å². The van der Waals surface area contributed by atoms with Gasteiger partial charge in [-0.3, -0.25) is 9.59 Å². The van der Waals surface area contributed by atoms with Gasteiger partial charge in [0.25, 0.3) is 0 Å². The van der Waals surface area contributed by atoms with Gasteiger partial charge < -0.3 is 55.2 Å². The molecule has 0 bridgehead atoms. The number of hydrogen-bond donors (Lipinski definition) is 5. The zero-order valence-corrected chi connectivity index (χ0v) is 49.7. The number of halogens is 2. The minimum absolute atomic E-state index is 0.0178. The van der Waals surface area contributed by atoms with Gasteiger partial charge in [0.1, 0.15) is 26.1 Å². The minimum Gasteiger partial charge on any atom is -0.494 e. The van der Waals surface area contributed by atoms with Gasteiger partial charge in [-0.25, -0.2) is 9.59 Å². The summed E-state index contributed by atoms with van der Waals surface area (Å²) in [6.07, 6.45) is 6.35. The topological polar surface area (TPSA) is 206 Å². The third-order valence-corrected chi connectivity index (χ3v) is 13.8. The van der Waals surface area contributed by atoms with Gasteiger partial charge in [0.15, 0.2) is 0 Å². The molecule has 2 aliphatic rings. The van der Waals surface area contributed by atoms with Crippen LogP contribution in [0.5, 0.6) is 11.5 Å². The molecule has 0 radical (unpaired) electrons. The first kappa shape index (κ1) is 64.0. The molecule has 2 aliphatic carbocycles. The van der Waals surface area contributed by atoms with Crippen molar-refractivity contribution in [3.8, 4) is 46.1 Å². The van der Waals surface area contributed by atoms with Crippen LogP contribution in [0.4, 0.5) is 9.59 Å². The van der Waals surface area contributed by atoms with Crippen molar-refractivity contribution in [2.45, 2.75) is 70.1 Å². The highest BCUT2D eigenvalue weighted by atomic mass is 79.9. The molecule has 6 aromatic rings. The number of benzene rings is 6. The van der Waals surface area contributed by atoms with Crippen LogP contribution in [0.15, 0.2) is 155 Å². The quantitative estimate of drug-likeness (QED) is 0.0220. The molecule has 0 aromatic heterocycles. The van der Waals surface area contributed by atoms with E-state index in [1.165, 1.54) is 44.5 Å². The third-order valence-electron chi connectivity index (χ3n) is 12.7. The number of alkyl carbamates (subject to hydrolysis) is 2. The molecule has 17 heteroatoms. The molecule has 436 valence electrons. The Morgan fingerprint density at radius 1 is 0.524 bits per heavy atom. The Morgan fingerprint density at radius 3 is 1.30 bits per heavy atom. The van der Waals surface area contributed by atoms with Gasteiger partial charge in [0.2, 0.25) is 5.91 Å². The molecule has 0 saturated heterocycles. The SMILES string of the molecule is NCCCCOc1ccc(Br)cc1.O=C(CCCOCCNC(=O)OCC1c2ccccc2-c2ccccc21)NCCCCOc1ccc(Br)cc1.O=C(O)CCCOCCNC(=O)OCC1c2ccccc2-c2ccccc21.[2H]C#CC. The Balaban J connectivity index is 0.000000246. The van der Waals surface area contributed by atoms with Crippen LogP contribution in [0, 0.1) is 12.3 Å². The van der Waals surface area contributed by atoms with Crippen molar-refractivity contribution in [3.63, 3.8) is 0 Å². The van der Waals surface area contributed by atoms with Crippen LogP contribution in [0.2, 0.25) is 0 Å². The lowest BCUT2D eigenvalue weighted by Gasteiger charge is -2.14. The first-order chi connectivity index (χ1) is 40.5. The molecule has 0 atom stereocenters. The molecule has 6 aromatic carbocycles. The van der Waals surface area contributed by atoms with Crippen LogP contribution < -0.4 is 31.2 Å². The molecule has 82 heavy (non-hydrogen) atoms. The first-order valence-electron chi connectivity index (χ1n) is 28.1. The van der Waals surface area contributed by atoms with E-state index in [0.29, 0.717) is 71.9 Å². The molecular formula is C65H76Br2N4O11. The number of nitrogens with two attached hydrogens (primary N) is 1. The summed E-state index contributed by atoms with van der Waals surface area (Å²) in [4.78, 5) is 46.5. The van der Waals surface area contributed by atoms with Crippen LogP contribution in [-0.4, -0.2) is 108 Å². The lowest BCUT2D eigenvalue weighted by molar-refractivity contribution is -0.137. The molecule has 0 unspecified atom stereocenters. The number of rotatable bonds is 29. The maximum absolute atomic E-state index is 12.2. The van der Waals surface area contributed by atoms with Crippen molar-refractivity contribution in [1.29, 1.82) is 0 Å². The highest BCUT2D eigenvalue weighted by Gasteiger charge is 2.30. The van der Waals surface area contributed by atoms with Gasteiger partial charge in [-0.1, -0.05) is 129 Å². The van der Waals surface area contributed by atoms with E-state index in [9.17, 15) is 19.2 Å². The molecular weight excluding hydrogens is 1170 g/mol. The highest BCUT2D eigenvalue weighted by Crippen LogP contribution is 2.45. The average Bonchev–Trinajstić information content (AvgIpc) is 3.68.